The zero-order valence-corrected chi connectivity index (χ0v) is 14.5. The molecular formula is C13H20BrNO5S. The van der Waals surface area contributed by atoms with Crippen LogP contribution < -0.4 is 4.72 Å². The normalized spacial score (nSPS) is 13.3. The zero-order valence-electron chi connectivity index (χ0n) is 12.1. The molecule has 0 aliphatic carbocycles. The van der Waals surface area contributed by atoms with Crippen molar-refractivity contribution in [1.29, 1.82) is 0 Å². The SMILES string of the molecule is CCCCC(CCC)NS(=O)(=O)c1cc(C(=O)O)oc1Br. The van der Waals surface area contributed by atoms with Crippen molar-refractivity contribution in [2.24, 2.45) is 0 Å². The lowest BCUT2D eigenvalue weighted by Gasteiger charge is -2.17. The number of hydrogen-bond acceptors (Lipinski definition) is 4. The predicted molar refractivity (Wildman–Crippen MR) is 81.9 cm³/mol. The zero-order chi connectivity index (χ0) is 16.0. The molecule has 1 atom stereocenters. The molecule has 1 rings (SSSR count). The summed E-state index contributed by atoms with van der Waals surface area (Å²) in [6.45, 7) is 4.03. The number of carboxylic acids is 1. The minimum absolute atomic E-state index is 0.0989. The molecule has 2 N–H and O–H groups in total. The predicted octanol–water partition coefficient (Wildman–Crippen LogP) is 3.38. The number of furan rings is 1. The summed E-state index contributed by atoms with van der Waals surface area (Å²) in [7, 11) is -3.81. The average Bonchev–Trinajstić information content (AvgIpc) is 2.79. The van der Waals surface area contributed by atoms with Crippen LogP contribution in [0, 0.1) is 0 Å². The van der Waals surface area contributed by atoms with Crippen LogP contribution in [0.2, 0.25) is 0 Å². The van der Waals surface area contributed by atoms with Crippen molar-refractivity contribution in [3.63, 3.8) is 0 Å². The molecular weight excluding hydrogens is 362 g/mol. The van der Waals surface area contributed by atoms with Gasteiger partial charge < -0.3 is 9.52 Å². The molecule has 0 aliphatic rings. The van der Waals surface area contributed by atoms with Crippen molar-refractivity contribution in [1.82, 2.24) is 4.72 Å². The maximum atomic E-state index is 12.3. The van der Waals surface area contributed by atoms with Gasteiger partial charge in [0.15, 0.2) is 4.67 Å². The van der Waals surface area contributed by atoms with Gasteiger partial charge in [0.1, 0.15) is 4.90 Å². The van der Waals surface area contributed by atoms with Gasteiger partial charge in [0, 0.05) is 12.1 Å². The number of sulfonamides is 1. The minimum atomic E-state index is -3.81. The van der Waals surface area contributed by atoms with Gasteiger partial charge >= 0.3 is 5.97 Å². The van der Waals surface area contributed by atoms with Gasteiger partial charge in [-0.1, -0.05) is 33.1 Å². The first-order valence-electron chi connectivity index (χ1n) is 6.86. The molecule has 1 unspecified atom stereocenters. The summed E-state index contributed by atoms with van der Waals surface area (Å²) in [5, 5.41) is 8.84. The molecule has 8 heteroatoms. The summed E-state index contributed by atoms with van der Waals surface area (Å²) < 4.78 is 32.1. The van der Waals surface area contributed by atoms with E-state index in [1.807, 2.05) is 13.8 Å². The average molecular weight is 382 g/mol. The topological polar surface area (TPSA) is 96.6 Å². The Morgan fingerprint density at radius 3 is 2.52 bits per heavy atom. The van der Waals surface area contributed by atoms with Gasteiger partial charge in [0.2, 0.25) is 15.8 Å². The molecule has 0 amide bonds. The van der Waals surface area contributed by atoms with E-state index in [0.717, 1.165) is 38.2 Å². The van der Waals surface area contributed by atoms with Gasteiger partial charge in [0.25, 0.3) is 0 Å². The molecule has 0 saturated heterocycles. The lowest BCUT2D eigenvalue weighted by molar-refractivity contribution is 0.0661. The second-order valence-electron chi connectivity index (χ2n) is 4.80. The van der Waals surface area contributed by atoms with E-state index in [1.165, 1.54) is 0 Å². The number of unbranched alkanes of at least 4 members (excludes halogenated alkanes) is 1. The first-order valence-corrected chi connectivity index (χ1v) is 9.14. The highest BCUT2D eigenvalue weighted by molar-refractivity contribution is 9.10. The molecule has 0 aromatic carbocycles. The summed E-state index contributed by atoms with van der Waals surface area (Å²) in [5.41, 5.74) is 0. The second-order valence-corrected chi connectivity index (χ2v) is 7.21. The highest BCUT2D eigenvalue weighted by Gasteiger charge is 2.27. The second kappa shape index (κ2) is 7.95. The van der Waals surface area contributed by atoms with Crippen LogP contribution in [0.4, 0.5) is 0 Å². The molecule has 0 aliphatic heterocycles. The first kappa shape index (κ1) is 18.2. The summed E-state index contributed by atoms with van der Waals surface area (Å²) >= 11 is 2.95. The Labute approximate surface area is 133 Å². The Bertz CT molecular complexity index is 581. The summed E-state index contributed by atoms with van der Waals surface area (Å²) in [6, 6.07) is 0.854. The Balaban J connectivity index is 2.95. The van der Waals surface area contributed by atoms with E-state index >= 15 is 0 Å². The van der Waals surface area contributed by atoms with Gasteiger partial charge in [-0.2, -0.15) is 0 Å². The molecule has 0 fully saturated rings. The van der Waals surface area contributed by atoms with Gasteiger partial charge in [0.05, 0.1) is 0 Å². The van der Waals surface area contributed by atoms with Crippen LogP contribution in [0.3, 0.4) is 0 Å². The van der Waals surface area contributed by atoms with Crippen LogP contribution in [0.1, 0.15) is 56.5 Å². The number of carboxylic acid groups (broad SMARTS) is 1. The molecule has 1 heterocycles. The number of hydrogen-bond donors (Lipinski definition) is 2. The van der Waals surface area contributed by atoms with Crippen LogP contribution in [-0.4, -0.2) is 25.5 Å². The number of aromatic carboxylic acids is 1. The van der Waals surface area contributed by atoms with E-state index < -0.39 is 21.8 Å². The Morgan fingerprint density at radius 2 is 2.05 bits per heavy atom. The molecule has 0 saturated carbocycles. The third-order valence-corrected chi connectivity index (χ3v) is 5.40. The standard InChI is InChI=1S/C13H20BrNO5S/c1-3-5-7-9(6-4-2)15-21(18,19)11-8-10(13(16)17)20-12(11)14/h8-9,15H,3-7H2,1-2H3,(H,16,17). The Morgan fingerprint density at radius 1 is 1.38 bits per heavy atom. The van der Waals surface area contributed by atoms with Crippen LogP contribution >= 0.6 is 15.9 Å². The minimum Gasteiger partial charge on any atom is -0.475 e. The molecule has 1 aromatic rings. The quantitative estimate of drug-likeness (QED) is 0.683. The molecule has 0 radical (unpaired) electrons. The van der Waals surface area contributed by atoms with Crippen molar-refractivity contribution in [2.45, 2.75) is 56.9 Å². The smallest absolute Gasteiger partial charge is 0.371 e. The number of halogens is 1. The van der Waals surface area contributed by atoms with E-state index in [-0.39, 0.29) is 15.6 Å². The van der Waals surface area contributed by atoms with Crippen molar-refractivity contribution >= 4 is 31.9 Å². The van der Waals surface area contributed by atoms with E-state index in [4.69, 9.17) is 9.52 Å². The van der Waals surface area contributed by atoms with Gasteiger partial charge in [-0.25, -0.2) is 17.9 Å². The van der Waals surface area contributed by atoms with E-state index in [1.54, 1.807) is 0 Å². The van der Waals surface area contributed by atoms with Crippen molar-refractivity contribution in [3.05, 3.63) is 16.5 Å². The van der Waals surface area contributed by atoms with Crippen LogP contribution in [-0.2, 0) is 10.0 Å². The summed E-state index contributed by atoms with van der Waals surface area (Å²) in [4.78, 5) is 10.6. The van der Waals surface area contributed by atoms with E-state index in [0.29, 0.717) is 0 Å². The lowest BCUT2D eigenvalue weighted by atomic mass is 10.1. The molecule has 120 valence electrons. The largest absolute Gasteiger partial charge is 0.475 e. The maximum absolute atomic E-state index is 12.3. The van der Waals surface area contributed by atoms with Gasteiger partial charge in [-0.15, -0.1) is 0 Å². The number of carbonyl (C=O) groups is 1. The Hall–Kier alpha value is -0.860. The third-order valence-electron chi connectivity index (χ3n) is 3.02. The highest BCUT2D eigenvalue weighted by Crippen LogP contribution is 2.26. The molecule has 21 heavy (non-hydrogen) atoms. The first-order chi connectivity index (χ1) is 9.81. The van der Waals surface area contributed by atoms with Crippen molar-refractivity contribution in [2.75, 3.05) is 0 Å². The monoisotopic (exact) mass is 381 g/mol. The molecule has 0 spiro atoms. The Kier molecular flexibility index (Phi) is 6.89. The fourth-order valence-electron chi connectivity index (χ4n) is 1.98. The lowest BCUT2D eigenvalue weighted by Crippen LogP contribution is -2.34. The molecule has 0 bridgehead atoms. The molecule has 6 nitrogen and oxygen atoms in total. The van der Waals surface area contributed by atoms with E-state index in [2.05, 4.69) is 20.7 Å². The summed E-state index contributed by atoms with van der Waals surface area (Å²) in [5.74, 6) is -1.73. The number of rotatable bonds is 9. The van der Waals surface area contributed by atoms with Gasteiger partial charge in [-0.3, -0.25) is 0 Å². The van der Waals surface area contributed by atoms with Crippen LogP contribution in [0.15, 0.2) is 20.0 Å². The fraction of sp³-hybridized carbons (Fsp3) is 0.615. The highest BCUT2D eigenvalue weighted by atomic mass is 79.9. The fourth-order valence-corrected chi connectivity index (χ4v) is 4.23. The van der Waals surface area contributed by atoms with Gasteiger partial charge in [-0.05, 0) is 28.8 Å². The number of nitrogens with one attached hydrogen (secondary N) is 1. The maximum Gasteiger partial charge on any atom is 0.371 e. The van der Waals surface area contributed by atoms with Crippen LogP contribution in [0.5, 0.6) is 0 Å². The van der Waals surface area contributed by atoms with Crippen molar-refractivity contribution < 1.29 is 22.7 Å². The van der Waals surface area contributed by atoms with Crippen LogP contribution in [0.25, 0.3) is 0 Å². The van der Waals surface area contributed by atoms with Crippen molar-refractivity contribution in [3.8, 4) is 0 Å². The molecule has 1 aromatic heterocycles. The summed E-state index contributed by atoms with van der Waals surface area (Å²) in [6.07, 6.45) is 4.27. The third kappa shape index (κ3) is 5.12. The van der Waals surface area contributed by atoms with E-state index in [9.17, 15) is 13.2 Å².